The third kappa shape index (κ3) is 2.02. The van der Waals surface area contributed by atoms with Crippen LogP contribution in [0, 0.1) is 6.92 Å². The number of hydrogen-bond acceptors (Lipinski definition) is 3. The number of amides is 1. The maximum atomic E-state index is 11.7. The Kier molecular flexibility index (Phi) is 3.10. The molecule has 1 amide bonds. The number of methoxy groups -OCH3 is 1. The highest BCUT2D eigenvalue weighted by molar-refractivity contribution is 7.81. The predicted molar refractivity (Wildman–Crippen MR) is 67.5 cm³/mol. The van der Waals surface area contributed by atoms with Crippen molar-refractivity contribution in [2.75, 3.05) is 18.6 Å². The number of rotatable bonds is 2. The summed E-state index contributed by atoms with van der Waals surface area (Å²) in [5.41, 5.74) is 2.01. The molecule has 0 aliphatic carbocycles. The van der Waals surface area contributed by atoms with Crippen LogP contribution >= 0.6 is 12.6 Å². The molecule has 2 rings (SSSR count). The number of hydrogen-bond donors (Lipinski definition) is 1. The van der Waals surface area contributed by atoms with E-state index in [4.69, 9.17) is 4.74 Å². The molecular formula is C12H15NO2S. The van der Waals surface area contributed by atoms with Gasteiger partial charge in [0.25, 0.3) is 0 Å². The Morgan fingerprint density at radius 1 is 1.50 bits per heavy atom. The van der Waals surface area contributed by atoms with E-state index in [2.05, 4.69) is 12.6 Å². The van der Waals surface area contributed by atoms with Gasteiger partial charge in [-0.1, -0.05) is 0 Å². The highest BCUT2D eigenvalue weighted by Gasteiger charge is 2.29. The Balaban J connectivity index is 2.30. The third-order valence-electron chi connectivity index (χ3n) is 2.80. The first kappa shape index (κ1) is 11.3. The molecule has 1 heterocycles. The van der Waals surface area contributed by atoms with E-state index in [-0.39, 0.29) is 11.2 Å². The van der Waals surface area contributed by atoms with Crippen LogP contribution in [0.3, 0.4) is 0 Å². The van der Waals surface area contributed by atoms with Crippen LogP contribution in [-0.2, 0) is 4.79 Å². The second kappa shape index (κ2) is 4.37. The summed E-state index contributed by atoms with van der Waals surface area (Å²) >= 11 is 4.35. The maximum absolute atomic E-state index is 11.7. The second-order valence-electron chi connectivity index (χ2n) is 4.01. The molecule has 1 unspecified atom stereocenters. The van der Waals surface area contributed by atoms with Crippen LogP contribution in [0.15, 0.2) is 18.2 Å². The van der Waals surface area contributed by atoms with Gasteiger partial charge in [-0.05, 0) is 30.7 Å². The van der Waals surface area contributed by atoms with E-state index in [1.54, 1.807) is 12.0 Å². The maximum Gasteiger partial charge on any atom is 0.228 e. The van der Waals surface area contributed by atoms with Gasteiger partial charge in [-0.25, -0.2) is 0 Å². The molecule has 86 valence electrons. The molecule has 1 saturated heterocycles. The molecule has 0 aromatic heterocycles. The molecule has 1 aliphatic rings. The van der Waals surface area contributed by atoms with E-state index < -0.39 is 0 Å². The van der Waals surface area contributed by atoms with Crippen molar-refractivity contribution in [2.24, 2.45) is 0 Å². The van der Waals surface area contributed by atoms with Crippen LogP contribution in [-0.4, -0.2) is 24.8 Å². The Hall–Kier alpha value is -1.16. The number of benzene rings is 1. The number of nitrogens with zero attached hydrogens (tertiary/aromatic N) is 1. The zero-order chi connectivity index (χ0) is 11.7. The molecule has 1 aromatic rings. The molecule has 0 bridgehead atoms. The van der Waals surface area contributed by atoms with Crippen molar-refractivity contribution in [1.82, 2.24) is 0 Å². The lowest BCUT2D eigenvalue weighted by Crippen LogP contribution is -2.25. The van der Waals surface area contributed by atoms with Crippen molar-refractivity contribution in [3.05, 3.63) is 23.8 Å². The van der Waals surface area contributed by atoms with Gasteiger partial charge in [-0.15, -0.1) is 0 Å². The fourth-order valence-electron chi connectivity index (χ4n) is 1.98. The number of carbonyl (C=O) groups is 1. The zero-order valence-corrected chi connectivity index (χ0v) is 10.3. The lowest BCUT2D eigenvalue weighted by molar-refractivity contribution is -0.117. The monoisotopic (exact) mass is 237 g/mol. The standard InChI is InChI=1S/C12H15NO2S/c1-8-5-9(15-2)3-4-11(8)13-7-10(16)6-12(13)14/h3-5,10,16H,6-7H2,1-2H3. The van der Waals surface area contributed by atoms with Gasteiger partial charge >= 0.3 is 0 Å². The van der Waals surface area contributed by atoms with Gasteiger partial charge in [0, 0.05) is 23.9 Å². The molecule has 4 heteroatoms. The molecule has 1 aliphatic heterocycles. The molecule has 0 spiro atoms. The Morgan fingerprint density at radius 3 is 2.75 bits per heavy atom. The van der Waals surface area contributed by atoms with E-state index >= 15 is 0 Å². The minimum atomic E-state index is 0.147. The molecular weight excluding hydrogens is 222 g/mol. The lowest BCUT2D eigenvalue weighted by atomic mass is 10.1. The van der Waals surface area contributed by atoms with Crippen LogP contribution < -0.4 is 9.64 Å². The first-order valence-corrected chi connectivity index (χ1v) is 5.76. The average molecular weight is 237 g/mol. The van der Waals surface area contributed by atoms with E-state index in [9.17, 15) is 4.79 Å². The van der Waals surface area contributed by atoms with Gasteiger partial charge in [0.2, 0.25) is 5.91 Å². The number of thiol groups is 1. The SMILES string of the molecule is COc1ccc(N2CC(S)CC2=O)c(C)c1. The van der Waals surface area contributed by atoms with Gasteiger partial charge in [-0.2, -0.15) is 12.6 Å². The van der Waals surface area contributed by atoms with Crippen molar-refractivity contribution in [3.63, 3.8) is 0 Å². The van der Waals surface area contributed by atoms with Crippen molar-refractivity contribution >= 4 is 24.2 Å². The fourth-order valence-corrected chi connectivity index (χ4v) is 2.30. The second-order valence-corrected chi connectivity index (χ2v) is 4.75. The van der Waals surface area contributed by atoms with Gasteiger partial charge in [0.1, 0.15) is 5.75 Å². The van der Waals surface area contributed by atoms with Gasteiger partial charge in [0.05, 0.1) is 7.11 Å². The first-order valence-electron chi connectivity index (χ1n) is 5.25. The molecule has 3 nitrogen and oxygen atoms in total. The smallest absolute Gasteiger partial charge is 0.228 e. The summed E-state index contributed by atoms with van der Waals surface area (Å²) in [5, 5.41) is 0.147. The number of carbonyl (C=O) groups excluding carboxylic acids is 1. The quantitative estimate of drug-likeness (QED) is 0.798. The summed E-state index contributed by atoms with van der Waals surface area (Å²) in [4.78, 5) is 13.5. The summed E-state index contributed by atoms with van der Waals surface area (Å²) in [6.45, 7) is 2.67. The molecule has 0 radical (unpaired) electrons. The van der Waals surface area contributed by atoms with E-state index in [0.717, 1.165) is 17.0 Å². The number of ether oxygens (including phenoxy) is 1. The fraction of sp³-hybridized carbons (Fsp3) is 0.417. The highest BCUT2D eigenvalue weighted by Crippen LogP contribution is 2.29. The molecule has 0 saturated carbocycles. The van der Waals surface area contributed by atoms with E-state index in [1.807, 2.05) is 25.1 Å². The van der Waals surface area contributed by atoms with Gasteiger partial charge < -0.3 is 9.64 Å². The van der Waals surface area contributed by atoms with Crippen LogP contribution in [0.25, 0.3) is 0 Å². The van der Waals surface area contributed by atoms with Crippen LogP contribution in [0.5, 0.6) is 5.75 Å². The molecule has 0 N–H and O–H groups in total. The number of anilines is 1. The van der Waals surface area contributed by atoms with Gasteiger partial charge in [-0.3, -0.25) is 4.79 Å². The molecule has 1 aromatic carbocycles. The Morgan fingerprint density at radius 2 is 2.25 bits per heavy atom. The summed E-state index contributed by atoms with van der Waals surface area (Å²) < 4.78 is 5.14. The van der Waals surface area contributed by atoms with Crippen molar-refractivity contribution in [3.8, 4) is 5.75 Å². The Bertz CT molecular complexity index is 419. The van der Waals surface area contributed by atoms with Crippen LogP contribution in [0.4, 0.5) is 5.69 Å². The first-order chi connectivity index (χ1) is 7.61. The summed E-state index contributed by atoms with van der Waals surface area (Å²) in [5.74, 6) is 0.962. The molecule has 1 fully saturated rings. The highest BCUT2D eigenvalue weighted by atomic mass is 32.1. The van der Waals surface area contributed by atoms with E-state index in [1.165, 1.54) is 0 Å². The summed E-state index contributed by atoms with van der Waals surface area (Å²) in [6.07, 6.45) is 0.522. The van der Waals surface area contributed by atoms with Crippen molar-refractivity contribution < 1.29 is 9.53 Å². The van der Waals surface area contributed by atoms with Crippen molar-refractivity contribution in [1.29, 1.82) is 0 Å². The number of aryl methyl sites for hydroxylation is 1. The van der Waals surface area contributed by atoms with E-state index in [0.29, 0.717) is 13.0 Å². The normalized spacial score (nSPS) is 20.3. The molecule has 1 atom stereocenters. The predicted octanol–water partition coefficient (Wildman–Crippen LogP) is 2.04. The third-order valence-corrected chi connectivity index (χ3v) is 3.15. The minimum Gasteiger partial charge on any atom is -0.497 e. The molecule has 16 heavy (non-hydrogen) atoms. The largest absolute Gasteiger partial charge is 0.497 e. The summed E-state index contributed by atoms with van der Waals surface area (Å²) in [7, 11) is 1.64. The lowest BCUT2D eigenvalue weighted by Gasteiger charge is -2.19. The topological polar surface area (TPSA) is 29.5 Å². The van der Waals surface area contributed by atoms with Crippen LogP contribution in [0.1, 0.15) is 12.0 Å². The zero-order valence-electron chi connectivity index (χ0n) is 9.43. The van der Waals surface area contributed by atoms with Crippen LogP contribution in [0.2, 0.25) is 0 Å². The minimum absolute atomic E-state index is 0.147. The Labute approximate surface area is 101 Å². The van der Waals surface area contributed by atoms with Crippen molar-refractivity contribution in [2.45, 2.75) is 18.6 Å². The average Bonchev–Trinajstić information content (AvgIpc) is 2.57. The summed E-state index contributed by atoms with van der Waals surface area (Å²) in [6, 6.07) is 5.74. The van der Waals surface area contributed by atoms with Gasteiger partial charge in [0.15, 0.2) is 0 Å².